The minimum Gasteiger partial charge on any atom is -0.295 e. The molecule has 1 saturated heterocycles. The summed E-state index contributed by atoms with van der Waals surface area (Å²) in [4.78, 5) is 6.71. The summed E-state index contributed by atoms with van der Waals surface area (Å²) in [6.45, 7) is 2.31. The van der Waals surface area contributed by atoms with E-state index in [1.165, 1.54) is 36.1 Å². The Balaban J connectivity index is 1.78. The van der Waals surface area contributed by atoms with Gasteiger partial charge in [-0.25, -0.2) is 4.39 Å². The first-order valence-electron chi connectivity index (χ1n) is 6.65. The highest BCUT2D eigenvalue weighted by Crippen LogP contribution is 2.25. The maximum atomic E-state index is 13.2. The molecule has 92 valence electrons. The summed E-state index contributed by atoms with van der Waals surface area (Å²) >= 11 is 0. The fourth-order valence-electron chi connectivity index (χ4n) is 3.01. The molecule has 0 spiro atoms. The lowest BCUT2D eigenvalue weighted by Crippen LogP contribution is -2.23. The standard InChI is InChI=1S/C14H19FN2/c15-12-6-8-17(9-12)10-14-13-4-2-1-3-11(13)5-7-16-14/h5,7,12H,1-4,6,8-10H2/t12-/m0/s1. The first-order chi connectivity index (χ1) is 8.33. The monoisotopic (exact) mass is 234 g/mol. The molecule has 0 N–H and O–H groups in total. The predicted octanol–water partition coefficient (Wildman–Crippen LogP) is 2.50. The molecule has 1 aromatic rings. The molecule has 0 bridgehead atoms. The van der Waals surface area contributed by atoms with Crippen LogP contribution < -0.4 is 0 Å². The third-order valence-electron chi connectivity index (χ3n) is 3.95. The van der Waals surface area contributed by atoms with Gasteiger partial charge in [-0.3, -0.25) is 9.88 Å². The van der Waals surface area contributed by atoms with E-state index in [1.807, 2.05) is 6.20 Å². The van der Waals surface area contributed by atoms with Crippen molar-refractivity contribution in [3.63, 3.8) is 0 Å². The SMILES string of the molecule is F[C@H]1CCN(Cc2nccc3c2CCCC3)C1. The Morgan fingerprint density at radius 1 is 1.35 bits per heavy atom. The van der Waals surface area contributed by atoms with Gasteiger partial charge in [0.1, 0.15) is 6.17 Å². The highest BCUT2D eigenvalue weighted by molar-refractivity contribution is 5.32. The highest BCUT2D eigenvalue weighted by Gasteiger charge is 2.23. The Labute approximate surface area is 102 Å². The van der Waals surface area contributed by atoms with Crippen LogP contribution >= 0.6 is 0 Å². The highest BCUT2D eigenvalue weighted by atomic mass is 19.1. The average molecular weight is 234 g/mol. The lowest BCUT2D eigenvalue weighted by molar-refractivity contribution is 0.279. The predicted molar refractivity (Wildman–Crippen MR) is 65.7 cm³/mol. The molecular formula is C14H19FN2. The number of hydrogen-bond acceptors (Lipinski definition) is 2. The Bertz CT molecular complexity index is 405. The molecule has 1 fully saturated rings. The van der Waals surface area contributed by atoms with Crippen molar-refractivity contribution in [2.24, 2.45) is 0 Å². The number of aromatic nitrogens is 1. The van der Waals surface area contributed by atoms with E-state index >= 15 is 0 Å². The molecule has 2 aliphatic rings. The van der Waals surface area contributed by atoms with Gasteiger partial charge in [0.25, 0.3) is 0 Å². The van der Waals surface area contributed by atoms with Crippen molar-refractivity contribution < 1.29 is 4.39 Å². The van der Waals surface area contributed by atoms with Crippen molar-refractivity contribution in [1.82, 2.24) is 9.88 Å². The number of aryl methyl sites for hydroxylation is 1. The minimum absolute atomic E-state index is 0.589. The van der Waals surface area contributed by atoms with Gasteiger partial charge in [-0.05, 0) is 49.3 Å². The Hall–Kier alpha value is -0.960. The van der Waals surface area contributed by atoms with Gasteiger partial charge < -0.3 is 0 Å². The summed E-state index contributed by atoms with van der Waals surface area (Å²) in [5.74, 6) is 0. The van der Waals surface area contributed by atoms with E-state index in [4.69, 9.17) is 0 Å². The molecule has 0 amide bonds. The molecule has 0 unspecified atom stereocenters. The second kappa shape index (κ2) is 4.73. The molecule has 1 atom stereocenters. The van der Waals surface area contributed by atoms with Gasteiger partial charge in [-0.15, -0.1) is 0 Å². The maximum Gasteiger partial charge on any atom is 0.114 e. The van der Waals surface area contributed by atoms with E-state index in [-0.39, 0.29) is 0 Å². The van der Waals surface area contributed by atoms with E-state index in [2.05, 4.69) is 16.0 Å². The van der Waals surface area contributed by atoms with E-state index in [0.717, 1.165) is 19.5 Å². The third-order valence-corrected chi connectivity index (χ3v) is 3.95. The summed E-state index contributed by atoms with van der Waals surface area (Å²) in [5.41, 5.74) is 4.11. The quantitative estimate of drug-likeness (QED) is 0.781. The van der Waals surface area contributed by atoms with Crippen molar-refractivity contribution in [1.29, 1.82) is 0 Å². The van der Waals surface area contributed by atoms with E-state index in [0.29, 0.717) is 13.0 Å². The number of rotatable bonds is 2. The number of fused-ring (bicyclic) bond motifs is 1. The van der Waals surface area contributed by atoms with Crippen LogP contribution in [-0.2, 0) is 19.4 Å². The summed E-state index contributed by atoms with van der Waals surface area (Å²) in [6.07, 6.45) is 6.90. The molecule has 0 aromatic carbocycles. The summed E-state index contributed by atoms with van der Waals surface area (Å²) < 4.78 is 13.2. The second-order valence-corrected chi connectivity index (χ2v) is 5.22. The van der Waals surface area contributed by atoms with E-state index in [9.17, 15) is 4.39 Å². The molecule has 1 aliphatic heterocycles. The fraction of sp³-hybridized carbons (Fsp3) is 0.643. The Morgan fingerprint density at radius 2 is 2.24 bits per heavy atom. The smallest absolute Gasteiger partial charge is 0.114 e. The largest absolute Gasteiger partial charge is 0.295 e. The molecular weight excluding hydrogens is 215 g/mol. The first kappa shape index (κ1) is 11.1. The molecule has 3 heteroatoms. The van der Waals surface area contributed by atoms with Gasteiger partial charge in [-0.1, -0.05) is 0 Å². The molecule has 1 aliphatic carbocycles. The van der Waals surface area contributed by atoms with E-state index in [1.54, 1.807) is 0 Å². The van der Waals surface area contributed by atoms with Crippen molar-refractivity contribution in [3.05, 3.63) is 29.1 Å². The topological polar surface area (TPSA) is 16.1 Å². The van der Waals surface area contributed by atoms with Gasteiger partial charge in [-0.2, -0.15) is 0 Å². The first-order valence-corrected chi connectivity index (χ1v) is 6.65. The van der Waals surface area contributed by atoms with Crippen molar-refractivity contribution in [3.8, 4) is 0 Å². The number of alkyl halides is 1. The molecule has 2 nitrogen and oxygen atoms in total. The maximum absolute atomic E-state index is 13.2. The number of halogens is 1. The van der Waals surface area contributed by atoms with Crippen LogP contribution in [0.4, 0.5) is 4.39 Å². The summed E-state index contributed by atoms with van der Waals surface area (Å²) in [6, 6.07) is 2.15. The minimum atomic E-state index is -0.630. The molecule has 2 heterocycles. The zero-order valence-electron chi connectivity index (χ0n) is 10.2. The number of nitrogens with zero attached hydrogens (tertiary/aromatic N) is 2. The third kappa shape index (κ3) is 2.34. The second-order valence-electron chi connectivity index (χ2n) is 5.22. The van der Waals surface area contributed by atoms with Crippen molar-refractivity contribution in [2.75, 3.05) is 13.1 Å². The van der Waals surface area contributed by atoms with Crippen LogP contribution in [-0.4, -0.2) is 29.1 Å². The Kier molecular flexibility index (Phi) is 3.10. The number of likely N-dealkylation sites (tertiary alicyclic amines) is 1. The van der Waals surface area contributed by atoms with Crippen LogP contribution in [0.3, 0.4) is 0 Å². The van der Waals surface area contributed by atoms with Gasteiger partial charge in [0, 0.05) is 25.8 Å². The lowest BCUT2D eigenvalue weighted by atomic mass is 9.91. The molecule has 0 radical (unpaired) electrons. The van der Waals surface area contributed by atoms with Gasteiger partial charge in [0.05, 0.1) is 5.69 Å². The molecule has 0 saturated carbocycles. The van der Waals surface area contributed by atoms with Gasteiger partial charge in [0.2, 0.25) is 0 Å². The van der Waals surface area contributed by atoms with Crippen LogP contribution in [0.5, 0.6) is 0 Å². The van der Waals surface area contributed by atoms with Gasteiger partial charge >= 0.3 is 0 Å². The average Bonchev–Trinajstić information content (AvgIpc) is 2.75. The van der Waals surface area contributed by atoms with Crippen molar-refractivity contribution in [2.45, 2.75) is 44.8 Å². The van der Waals surface area contributed by atoms with E-state index < -0.39 is 6.17 Å². The summed E-state index contributed by atoms with van der Waals surface area (Å²) in [7, 11) is 0. The number of hydrogen-bond donors (Lipinski definition) is 0. The molecule has 1 aromatic heterocycles. The van der Waals surface area contributed by atoms with Crippen molar-refractivity contribution >= 4 is 0 Å². The van der Waals surface area contributed by atoms with Crippen LogP contribution in [0, 0.1) is 0 Å². The van der Waals surface area contributed by atoms with Gasteiger partial charge in [0.15, 0.2) is 0 Å². The normalized spacial score (nSPS) is 24.9. The van der Waals surface area contributed by atoms with Crippen LogP contribution in [0.15, 0.2) is 12.3 Å². The molecule has 3 rings (SSSR count). The Morgan fingerprint density at radius 3 is 3.06 bits per heavy atom. The fourth-order valence-corrected chi connectivity index (χ4v) is 3.01. The summed E-state index contributed by atoms with van der Waals surface area (Å²) in [5, 5.41) is 0. The lowest BCUT2D eigenvalue weighted by Gasteiger charge is -2.21. The zero-order valence-corrected chi connectivity index (χ0v) is 10.2. The van der Waals surface area contributed by atoms with Crippen LogP contribution in [0.2, 0.25) is 0 Å². The van der Waals surface area contributed by atoms with Crippen LogP contribution in [0.1, 0.15) is 36.1 Å². The zero-order chi connectivity index (χ0) is 11.7. The molecule has 17 heavy (non-hydrogen) atoms. The van der Waals surface area contributed by atoms with Crippen LogP contribution in [0.25, 0.3) is 0 Å². The number of pyridine rings is 1.